The molecule has 0 spiro atoms. The molecule has 0 N–H and O–H groups in total. The summed E-state index contributed by atoms with van der Waals surface area (Å²) in [5.41, 5.74) is 1.17. The first-order valence-corrected chi connectivity index (χ1v) is 2.90. The molecule has 0 amide bonds. The highest BCUT2D eigenvalue weighted by atomic mass is 16.1. The van der Waals surface area contributed by atoms with Gasteiger partial charge in [-0.15, -0.1) is 0 Å². The summed E-state index contributed by atoms with van der Waals surface area (Å²) < 4.78 is 0. The summed E-state index contributed by atoms with van der Waals surface area (Å²) in [5.74, 6) is 0. The van der Waals surface area contributed by atoms with Crippen LogP contribution in [0.4, 0.5) is 0 Å². The largest absolute Gasteiger partial charge is 0.303 e. The Balaban J connectivity index is 3.44. The molecule has 0 aliphatic rings. The van der Waals surface area contributed by atoms with E-state index in [1.165, 1.54) is 5.57 Å². The average Bonchev–Trinajstić information content (AvgIpc) is 1.68. The normalized spacial score (nSPS) is 11.5. The first-order chi connectivity index (χ1) is 3.81. The van der Waals surface area contributed by atoms with Gasteiger partial charge in [-0.25, -0.2) is 0 Å². The van der Waals surface area contributed by atoms with E-state index in [0.29, 0.717) is 6.42 Å². The predicted octanol–water partition coefficient (Wildman–Crippen LogP) is 1.93. The molecule has 0 unspecified atom stereocenters. The molecule has 0 fully saturated rings. The minimum absolute atomic E-state index is 0.591. The molecule has 0 radical (unpaired) electrons. The van der Waals surface area contributed by atoms with Crippen molar-refractivity contribution in [2.75, 3.05) is 0 Å². The summed E-state index contributed by atoms with van der Waals surface area (Å²) >= 11 is 0. The van der Waals surface area contributed by atoms with Crippen LogP contribution >= 0.6 is 0 Å². The van der Waals surface area contributed by atoms with E-state index in [9.17, 15) is 4.79 Å². The Bertz CT molecular complexity index is 92.6. The van der Waals surface area contributed by atoms with E-state index in [2.05, 4.69) is 13.0 Å². The summed E-state index contributed by atoms with van der Waals surface area (Å²) in [4.78, 5) is 9.85. The van der Waals surface area contributed by atoms with Gasteiger partial charge < -0.3 is 4.79 Å². The summed E-state index contributed by atoms with van der Waals surface area (Å²) in [6, 6.07) is 0. The molecule has 0 saturated carbocycles. The Labute approximate surface area is 50.4 Å². The molecule has 0 rings (SSSR count). The standard InChI is InChI=1S/C7H12O/c1-3-4-7(2)5-6-8/h4,6H,3,5H2,1-2H3. The minimum Gasteiger partial charge on any atom is -0.303 e. The molecule has 46 valence electrons. The van der Waals surface area contributed by atoms with E-state index in [1.54, 1.807) is 0 Å². The average molecular weight is 112 g/mol. The fourth-order valence-corrected chi connectivity index (χ4v) is 0.563. The Hall–Kier alpha value is -0.590. The molecular weight excluding hydrogens is 100 g/mol. The molecule has 0 bridgehead atoms. The molecule has 0 aromatic rings. The Morgan fingerprint density at radius 1 is 1.62 bits per heavy atom. The first kappa shape index (κ1) is 7.41. The third-order valence-corrected chi connectivity index (χ3v) is 0.958. The molecule has 0 aromatic heterocycles. The van der Waals surface area contributed by atoms with Crippen LogP contribution in [-0.4, -0.2) is 6.29 Å². The van der Waals surface area contributed by atoms with Crippen molar-refractivity contribution in [1.82, 2.24) is 0 Å². The molecular formula is C7H12O. The Morgan fingerprint density at radius 2 is 2.25 bits per heavy atom. The zero-order chi connectivity index (χ0) is 6.41. The fraction of sp³-hybridized carbons (Fsp3) is 0.571. The van der Waals surface area contributed by atoms with E-state index in [0.717, 1.165) is 12.7 Å². The quantitative estimate of drug-likeness (QED) is 0.402. The van der Waals surface area contributed by atoms with Crippen LogP contribution in [0.25, 0.3) is 0 Å². The number of allylic oxidation sites excluding steroid dienone is 2. The van der Waals surface area contributed by atoms with Gasteiger partial charge in [-0.1, -0.05) is 18.6 Å². The molecule has 8 heavy (non-hydrogen) atoms. The van der Waals surface area contributed by atoms with Gasteiger partial charge in [0.05, 0.1) is 0 Å². The van der Waals surface area contributed by atoms with E-state index < -0.39 is 0 Å². The van der Waals surface area contributed by atoms with Gasteiger partial charge in [0, 0.05) is 6.42 Å². The Kier molecular flexibility index (Phi) is 4.23. The molecule has 0 aliphatic carbocycles. The van der Waals surface area contributed by atoms with Crippen molar-refractivity contribution in [3.8, 4) is 0 Å². The number of carbonyl (C=O) groups excluding carboxylic acids is 1. The van der Waals surface area contributed by atoms with Crippen LogP contribution in [-0.2, 0) is 4.79 Å². The summed E-state index contributed by atoms with van der Waals surface area (Å²) in [5, 5.41) is 0. The maximum atomic E-state index is 9.85. The third-order valence-electron chi connectivity index (χ3n) is 0.958. The lowest BCUT2D eigenvalue weighted by atomic mass is 10.2. The second-order valence-corrected chi connectivity index (χ2v) is 1.83. The van der Waals surface area contributed by atoms with Crippen molar-refractivity contribution in [2.45, 2.75) is 26.7 Å². The highest BCUT2D eigenvalue weighted by molar-refractivity contribution is 5.53. The topological polar surface area (TPSA) is 17.1 Å². The van der Waals surface area contributed by atoms with Crippen molar-refractivity contribution < 1.29 is 4.79 Å². The molecule has 0 atom stereocenters. The van der Waals surface area contributed by atoms with Gasteiger partial charge in [-0.05, 0) is 13.3 Å². The number of carbonyl (C=O) groups is 1. The minimum atomic E-state index is 0.591. The second-order valence-electron chi connectivity index (χ2n) is 1.83. The lowest BCUT2D eigenvalue weighted by Crippen LogP contribution is -1.75. The lowest BCUT2D eigenvalue weighted by Gasteiger charge is -1.87. The monoisotopic (exact) mass is 112 g/mol. The van der Waals surface area contributed by atoms with E-state index in [1.807, 2.05) is 6.92 Å². The highest BCUT2D eigenvalue weighted by Gasteiger charge is 1.82. The fourth-order valence-electron chi connectivity index (χ4n) is 0.563. The smallest absolute Gasteiger partial charge is 0.124 e. The lowest BCUT2D eigenvalue weighted by molar-refractivity contribution is -0.107. The molecule has 1 nitrogen and oxygen atoms in total. The van der Waals surface area contributed by atoms with Crippen LogP contribution in [0.1, 0.15) is 26.7 Å². The number of rotatable bonds is 3. The predicted molar refractivity (Wildman–Crippen MR) is 34.7 cm³/mol. The maximum Gasteiger partial charge on any atom is 0.124 e. The van der Waals surface area contributed by atoms with Crippen LogP contribution in [0.2, 0.25) is 0 Å². The summed E-state index contributed by atoms with van der Waals surface area (Å²) in [7, 11) is 0. The number of hydrogen-bond acceptors (Lipinski definition) is 1. The number of hydrogen-bond donors (Lipinski definition) is 0. The van der Waals surface area contributed by atoms with Gasteiger partial charge in [-0.3, -0.25) is 0 Å². The Morgan fingerprint density at radius 3 is 2.62 bits per heavy atom. The van der Waals surface area contributed by atoms with Gasteiger partial charge in [-0.2, -0.15) is 0 Å². The molecule has 0 aromatic carbocycles. The molecule has 0 heterocycles. The van der Waals surface area contributed by atoms with Gasteiger partial charge in [0.2, 0.25) is 0 Å². The van der Waals surface area contributed by atoms with Gasteiger partial charge in [0.15, 0.2) is 0 Å². The second kappa shape index (κ2) is 4.57. The molecule has 0 aliphatic heterocycles. The van der Waals surface area contributed by atoms with Gasteiger partial charge >= 0.3 is 0 Å². The maximum absolute atomic E-state index is 9.85. The molecule has 1 heteroatoms. The van der Waals surface area contributed by atoms with Gasteiger partial charge in [0.25, 0.3) is 0 Å². The van der Waals surface area contributed by atoms with Crippen molar-refractivity contribution >= 4 is 6.29 Å². The SMILES string of the molecule is CCC=C(C)CC=O. The van der Waals surface area contributed by atoms with Crippen LogP contribution in [0.5, 0.6) is 0 Å². The van der Waals surface area contributed by atoms with Crippen molar-refractivity contribution in [2.24, 2.45) is 0 Å². The zero-order valence-corrected chi connectivity index (χ0v) is 5.48. The van der Waals surface area contributed by atoms with Crippen molar-refractivity contribution in [1.29, 1.82) is 0 Å². The number of aldehydes is 1. The van der Waals surface area contributed by atoms with Crippen LogP contribution in [0, 0.1) is 0 Å². The van der Waals surface area contributed by atoms with Crippen molar-refractivity contribution in [3.63, 3.8) is 0 Å². The van der Waals surface area contributed by atoms with E-state index >= 15 is 0 Å². The van der Waals surface area contributed by atoms with E-state index in [4.69, 9.17) is 0 Å². The van der Waals surface area contributed by atoms with Crippen LogP contribution < -0.4 is 0 Å². The highest BCUT2D eigenvalue weighted by Crippen LogP contribution is 1.96. The zero-order valence-electron chi connectivity index (χ0n) is 5.48. The summed E-state index contributed by atoms with van der Waals surface area (Å²) in [6.07, 6.45) is 4.61. The van der Waals surface area contributed by atoms with E-state index in [-0.39, 0.29) is 0 Å². The van der Waals surface area contributed by atoms with Gasteiger partial charge in [0.1, 0.15) is 6.29 Å². The molecule has 0 saturated heterocycles. The van der Waals surface area contributed by atoms with Crippen LogP contribution in [0.3, 0.4) is 0 Å². The summed E-state index contributed by atoms with van der Waals surface area (Å²) in [6.45, 7) is 4.03. The van der Waals surface area contributed by atoms with Crippen LogP contribution in [0.15, 0.2) is 11.6 Å². The van der Waals surface area contributed by atoms with Crippen molar-refractivity contribution in [3.05, 3.63) is 11.6 Å². The first-order valence-electron chi connectivity index (χ1n) is 2.90. The third kappa shape index (κ3) is 3.59.